The number of hydrogen-bond donors (Lipinski definition) is 0. The van der Waals surface area contributed by atoms with E-state index in [9.17, 15) is 14.9 Å². The number of fused-ring (bicyclic) bond motifs is 3. The van der Waals surface area contributed by atoms with Crippen molar-refractivity contribution in [2.24, 2.45) is 11.3 Å². The van der Waals surface area contributed by atoms with Gasteiger partial charge < -0.3 is 4.74 Å². The number of nitrogens with zero attached hydrogens (tertiary/aromatic N) is 1. The molecule has 0 radical (unpaired) electrons. The molecule has 0 N–H and O–H groups in total. The average molecular weight is 353 g/mol. The number of Topliss-reactive ketones (excluding diaryl/α,β-unsaturated/α-hetero) is 1. The molecule has 0 aromatic heterocycles. The molecule has 26 heavy (non-hydrogen) atoms. The van der Waals surface area contributed by atoms with E-state index in [0.717, 1.165) is 36.0 Å². The standard InChI is InChI=1S/C22H27NO3/c1-14(24)26-20(2,3)15-7-8-17-16(11-15)18(25)12-19-21(4,13-23)9-6-10-22(17,19)5/h7-8,11,19H,6,9-10,12H2,1-5H3/t19-,21+,22-/m1/s1. The molecular formula is C22H27NO3. The third-order valence-electron chi connectivity index (χ3n) is 6.60. The highest BCUT2D eigenvalue weighted by atomic mass is 16.6. The fraction of sp³-hybridized carbons (Fsp3) is 0.591. The van der Waals surface area contributed by atoms with Crippen molar-refractivity contribution in [3.8, 4) is 6.07 Å². The molecule has 2 aliphatic rings. The lowest BCUT2D eigenvalue weighted by molar-refractivity contribution is -0.154. The summed E-state index contributed by atoms with van der Waals surface area (Å²) in [6.07, 6.45) is 3.24. The Balaban J connectivity index is 2.10. The number of esters is 1. The van der Waals surface area contributed by atoms with E-state index in [4.69, 9.17) is 4.74 Å². The lowest BCUT2D eigenvalue weighted by Crippen LogP contribution is -2.50. The molecule has 1 aromatic carbocycles. The SMILES string of the molecule is CC(=O)OC(C)(C)c1ccc2c(c1)C(=O)C[C@@H]1[C@](C)(C#N)CCC[C@]21C. The van der Waals surface area contributed by atoms with Crippen LogP contribution in [-0.2, 0) is 20.5 Å². The number of ether oxygens (including phenoxy) is 1. The molecule has 1 saturated carbocycles. The Morgan fingerprint density at radius 3 is 2.62 bits per heavy atom. The highest BCUT2D eigenvalue weighted by Gasteiger charge is 2.54. The quantitative estimate of drug-likeness (QED) is 0.725. The third-order valence-corrected chi connectivity index (χ3v) is 6.60. The Hall–Kier alpha value is -2.15. The monoisotopic (exact) mass is 353 g/mol. The summed E-state index contributed by atoms with van der Waals surface area (Å²) < 4.78 is 5.44. The van der Waals surface area contributed by atoms with Gasteiger partial charge >= 0.3 is 5.97 Å². The van der Waals surface area contributed by atoms with Crippen molar-refractivity contribution < 1.29 is 14.3 Å². The van der Waals surface area contributed by atoms with Crippen LogP contribution in [0.4, 0.5) is 0 Å². The molecule has 0 saturated heterocycles. The van der Waals surface area contributed by atoms with Gasteiger partial charge in [-0.05, 0) is 62.1 Å². The Morgan fingerprint density at radius 2 is 2.00 bits per heavy atom. The van der Waals surface area contributed by atoms with Gasteiger partial charge in [0.15, 0.2) is 5.78 Å². The van der Waals surface area contributed by atoms with Gasteiger partial charge in [0.05, 0.1) is 11.5 Å². The van der Waals surface area contributed by atoms with Crippen LogP contribution in [0.2, 0.25) is 0 Å². The largest absolute Gasteiger partial charge is 0.455 e. The van der Waals surface area contributed by atoms with Gasteiger partial charge in [0.25, 0.3) is 0 Å². The van der Waals surface area contributed by atoms with Crippen molar-refractivity contribution in [3.63, 3.8) is 0 Å². The van der Waals surface area contributed by atoms with E-state index in [2.05, 4.69) is 13.0 Å². The maximum absolute atomic E-state index is 13.0. The highest BCUT2D eigenvalue weighted by molar-refractivity contribution is 6.00. The van der Waals surface area contributed by atoms with Crippen molar-refractivity contribution in [2.45, 2.75) is 71.3 Å². The number of nitriles is 1. The van der Waals surface area contributed by atoms with Gasteiger partial charge in [-0.1, -0.05) is 25.5 Å². The zero-order valence-electron chi connectivity index (χ0n) is 16.3. The topological polar surface area (TPSA) is 67.2 Å². The first-order chi connectivity index (χ1) is 12.0. The predicted molar refractivity (Wildman–Crippen MR) is 98.6 cm³/mol. The zero-order chi connectivity index (χ0) is 19.3. The molecule has 0 aliphatic heterocycles. The molecular weight excluding hydrogens is 326 g/mol. The molecule has 2 aliphatic carbocycles. The summed E-state index contributed by atoms with van der Waals surface area (Å²) in [5.74, 6) is -0.212. The van der Waals surface area contributed by atoms with Crippen LogP contribution in [0.3, 0.4) is 0 Å². The Labute approximate surface area is 155 Å². The maximum Gasteiger partial charge on any atom is 0.303 e. The Kier molecular flexibility index (Phi) is 4.26. The number of carbonyl (C=O) groups is 2. The van der Waals surface area contributed by atoms with Gasteiger partial charge in [-0.15, -0.1) is 0 Å². The van der Waals surface area contributed by atoms with E-state index in [1.807, 2.05) is 39.0 Å². The zero-order valence-corrected chi connectivity index (χ0v) is 16.3. The number of carbonyl (C=O) groups excluding carboxylic acids is 2. The molecule has 0 heterocycles. The summed E-state index contributed by atoms with van der Waals surface area (Å²) in [7, 11) is 0. The minimum absolute atomic E-state index is 0.0427. The lowest BCUT2D eigenvalue weighted by atomic mass is 9.50. The number of rotatable bonds is 2. The first-order valence-electron chi connectivity index (χ1n) is 9.32. The van der Waals surface area contributed by atoms with Crippen LogP contribution in [0.5, 0.6) is 0 Å². The Morgan fingerprint density at radius 1 is 1.31 bits per heavy atom. The Bertz CT molecular complexity index is 819. The van der Waals surface area contributed by atoms with E-state index < -0.39 is 11.0 Å². The molecule has 4 heteroatoms. The van der Waals surface area contributed by atoms with Gasteiger partial charge in [-0.25, -0.2) is 0 Å². The first-order valence-corrected chi connectivity index (χ1v) is 9.32. The van der Waals surface area contributed by atoms with E-state index in [-0.39, 0.29) is 23.1 Å². The summed E-state index contributed by atoms with van der Waals surface area (Å²) in [4.78, 5) is 24.4. The van der Waals surface area contributed by atoms with Crippen LogP contribution in [-0.4, -0.2) is 11.8 Å². The molecule has 0 amide bonds. The predicted octanol–water partition coefficient (Wildman–Crippen LogP) is 4.66. The van der Waals surface area contributed by atoms with Crippen molar-refractivity contribution in [1.29, 1.82) is 5.26 Å². The number of hydrogen-bond acceptors (Lipinski definition) is 4. The van der Waals surface area contributed by atoms with E-state index in [1.54, 1.807) is 0 Å². The molecule has 1 fully saturated rings. The first kappa shape index (κ1) is 18.6. The molecule has 3 atom stereocenters. The molecule has 0 spiro atoms. The lowest BCUT2D eigenvalue weighted by Gasteiger charge is -2.52. The van der Waals surface area contributed by atoms with Gasteiger partial charge in [-0.2, -0.15) is 5.26 Å². The minimum atomic E-state index is -0.785. The van der Waals surface area contributed by atoms with Crippen LogP contribution >= 0.6 is 0 Å². The van der Waals surface area contributed by atoms with E-state index in [0.29, 0.717) is 6.42 Å². The van der Waals surface area contributed by atoms with Crippen molar-refractivity contribution in [3.05, 3.63) is 34.9 Å². The fourth-order valence-corrected chi connectivity index (χ4v) is 5.14. The van der Waals surface area contributed by atoms with Crippen LogP contribution in [0.25, 0.3) is 0 Å². The van der Waals surface area contributed by atoms with E-state index in [1.165, 1.54) is 6.92 Å². The molecule has 0 unspecified atom stereocenters. The second-order valence-electron chi connectivity index (χ2n) is 8.84. The molecule has 1 aromatic rings. The number of ketones is 1. The molecule has 138 valence electrons. The van der Waals surface area contributed by atoms with Crippen LogP contribution in [0.15, 0.2) is 18.2 Å². The minimum Gasteiger partial charge on any atom is -0.455 e. The average Bonchev–Trinajstić information content (AvgIpc) is 2.56. The molecule has 3 rings (SSSR count). The summed E-state index contributed by atoms with van der Waals surface area (Å²) in [5.41, 5.74) is 1.17. The van der Waals surface area contributed by atoms with Crippen molar-refractivity contribution in [2.75, 3.05) is 0 Å². The van der Waals surface area contributed by atoms with Gasteiger partial charge in [0.2, 0.25) is 0 Å². The van der Waals surface area contributed by atoms with Crippen molar-refractivity contribution >= 4 is 11.8 Å². The smallest absolute Gasteiger partial charge is 0.303 e. The molecule has 0 bridgehead atoms. The summed E-state index contributed by atoms with van der Waals surface area (Å²) in [6, 6.07) is 8.37. The van der Waals surface area contributed by atoms with Gasteiger partial charge in [-0.3, -0.25) is 9.59 Å². The highest BCUT2D eigenvalue weighted by Crippen LogP contribution is 2.57. The van der Waals surface area contributed by atoms with E-state index >= 15 is 0 Å². The van der Waals surface area contributed by atoms with Crippen LogP contribution < -0.4 is 0 Å². The van der Waals surface area contributed by atoms with Gasteiger partial charge in [0.1, 0.15) is 5.60 Å². The van der Waals surface area contributed by atoms with Crippen LogP contribution in [0, 0.1) is 22.7 Å². The maximum atomic E-state index is 13.0. The molecule has 4 nitrogen and oxygen atoms in total. The van der Waals surface area contributed by atoms with Crippen molar-refractivity contribution in [1.82, 2.24) is 0 Å². The summed E-state index contributed by atoms with van der Waals surface area (Å²) >= 11 is 0. The fourth-order valence-electron chi connectivity index (χ4n) is 5.14. The second kappa shape index (κ2) is 5.94. The van der Waals surface area contributed by atoms with Crippen LogP contribution in [0.1, 0.15) is 81.8 Å². The van der Waals surface area contributed by atoms with Gasteiger partial charge in [0, 0.05) is 18.9 Å². The summed E-state index contributed by atoms with van der Waals surface area (Å²) in [5, 5.41) is 9.76. The third kappa shape index (κ3) is 2.74. The number of benzene rings is 1. The summed E-state index contributed by atoms with van der Waals surface area (Å²) in [6.45, 7) is 9.27. The second-order valence-corrected chi connectivity index (χ2v) is 8.84. The normalized spacial score (nSPS) is 30.8.